The molecule has 0 radical (unpaired) electrons. The quantitative estimate of drug-likeness (QED) is 0.661. The predicted molar refractivity (Wildman–Crippen MR) is 58.9 cm³/mol. The lowest BCUT2D eigenvalue weighted by Crippen LogP contribution is -2.17. The Labute approximate surface area is 95.0 Å². The summed E-state index contributed by atoms with van der Waals surface area (Å²) < 4.78 is 4.55. The van der Waals surface area contributed by atoms with Gasteiger partial charge in [-0.15, -0.1) is 0 Å². The lowest BCUT2D eigenvalue weighted by molar-refractivity contribution is 0.101. The molecule has 82 valence electrons. The number of H-pyrrole nitrogens is 1. The number of amides is 1. The molecule has 0 bridgehead atoms. The first-order chi connectivity index (χ1) is 7.68. The van der Waals surface area contributed by atoms with Crippen LogP contribution in [0.1, 0.15) is 16.1 Å². The van der Waals surface area contributed by atoms with Gasteiger partial charge in [-0.05, 0) is 0 Å². The fourth-order valence-electron chi connectivity index (χ4n) is 1.08. The number of nitrogens with zero attached hydrogens (tertiary/aromatic N) is 2. The number of hydrogen-bond donors (Lipinski definition) is 3. The molecule has 0 atom stereocenters. The molecule has 0 aliphatic heterocycles. The van der Waals surface area contributed by atoms with Gasteiger partial charge >= 0.3 is 0 Å². The van der Waals surface area contributed by atoms with Crippen LogP contribution in [0.5, 0.6) is 0 Å². The number of nitrogens with two attached hydrogens (primary N) is 1. The Kier molecular flexibility index (Phi) is 2.64. The summed E-state index contributed by atoms with van der Waals surface area (Å²) in [5.74, 6) is -0.101. The molecule has 0 saturated carbocycles. The van der Waals surface area contributed by atoms with E-state index in [9.17, 15) is 4.79 Å². The number of aromatic nitrogens is 3. The van der Waals surface area contributed by atoms with Crippen molar-refractivity contribution in [3.05, 3.63) is 29.8 Å². The van der Waals surface area contributed by atoms with Crippen molar-refractivity contribution >= 4 is 28.9 Å². The van der Waals surface area contributed by atoms with Crippen LogP contribution in [0.3, 0.4) is 0 Å². The minimum atomic E-state index is -0.435. The highest BCUT2D eigenvalue weighted by Crippen LogP contribution is 2.11. The first-order valence-corrected chi connectivity index (χ1v) is 4.64. The molecule has 1 amide bonds. The Morgan fingerprint density at radius 2 is 2.44 bits per heavy atom. The number of anilines is 1. The Hall–Kier alpha value is -2.22. The Morgan fingerprint density at radius 1 is 1.62 bits per heavy atom. The van der Waals surface area contributed by atoms with Crippen molar-refractivity contribution in [3.8, 4) is 0 Å². The largest absolute Gasteiger partial charge is 0.389 e. The van der Waals surface area contributed by atoms with Gasteiger partial charge in [0.25, 0.3) is 5.91 Å². The van der Waals surface area contributed by atoms with Crippen LogP contribution < -0.4 is 11.1 Å². The van der Waals surface area contributed by atoms with Crippen molar-refractivity contribution in [1.29, 1.82) is 0 Å². The van der Waals surface area contributed by atoms with Crippen molar-refractivity contribution in [2.24, 2.45) is 5.73 Å². The van der Waals surface area contributed by atoms with E-state index in [0.717, 1.165) is 0 Å². The fraction of sp³-hybridized carbons (Fsp3) is 0. The van der Waals surface area contributed by atoms with Crippen molar-refractivity contribution < 1.29 is 9.32 Å². The molecule has 0 aliphatic rings. The normalized spacial score (nSPS) is 10.0. The number of hydrogen-bond acceptors (Lipinski definition) is 5. The van der Waals surface area contributed by atoms with E-state index in [1.54, 1.807) is 0 Å². The SMILES string of the molecule is NC(=S)c1cn[nH]c1NC(=O)c1ccon1. The van der Waals surface area contributed by atoms with Gasteiger partial charge in [-0.1, -0.05) is 17.4 Å². The summed E-state index contributed by atoms with van der Waals surface area (Å²) in [4.78, 5) is 11.7. The van der Waals surface area contributed by atoms with E-state index in [4.69, 9.17) is 18.0 Å². The van der Waals surface area contributed by atoms with Crippen LogP contribution in [0.4, 0.5) is 5.82 Å². The van der Waals surface area contributed by atoms with Crippen LogP contribution in [0.2, 0.25) is 0 Å². The molecular formula is C8H7N5O2S. The van der Waals surface area contributed by atoms with Crippen LogP contribution in [-0.4, -0.2) is 26.2 Å². The van der Waals surface area contributed by atoms with Crippen molar-refractivity contribution in [1.82, 2.24) is 15.4 Å². The maximum Gasteiger partial charge on any atom is 0.278 e. The van der Waals surface area contributed by atoms with Gasteiger partial charge in [-0.25, -0.2) is 0 Å². The van der Waals surface area contributed by atoms with E-state index >= 15 is 0 Å². The van der Waals surface area contributed by atoms with Crippen LogP contribution >= 0.6 is 12.2 Å². The molecule has 0 saturated heterocycles. The molecule has 0 fully saturated rings. The third-order valence-electron chi connectivity index (χ3n) is 1.81. The second kappa shape index (κ2) is 4.11. The molecular weight excluding hydrogens is 230 g/mol. The molecule has 2 heterocycles. The van der Waals surface area contributed by atoms with E-state index in [2.05, 4.69) is 25.2 Å². The molecule has 16 heavy (non-hydrogen) atoms. The molecule has 0 unspecified atom stereocenters. The average Bonchev–Trinajstić information content (AvgIpc) is 2.86. The maximum absolute atomic E-state index is 11.6. The van der Waals surface area contributed by atoms with Gasteiger partial charge in [0, 0.05) is 6.07 Å². The number of aromatic amines is 1. The molecule has 4 N–H and O–H groups in total. The minimum absolute atomic E-state index is 0.143. The van der Waals surface area contributed by atoms with Crippen LogP contribution in [-0.2, 0) is 0 Å². The number of carbonyl (C=O) groups is 1. The van der Waals surface area contributed by atoms with Gasteiger partial charge in [0.1, 0.15) is 17.1 Å². The van der Waals surface area contributed by atoms with Gasteiger partial charge in [-0.3, -0.25) is 9.89 Å². The highest BCUT2D eigenvalue weighted by molar-refractivity contribution is 7.80. The van der Waals surface area contributed by atoms with Crippen molar-refractivity contribution in [2.75, 3.05) is 5.32 Å². The number of thiocarbonyl (C=S) groups is 1. The maximum atomic E-state index is 11.6. The van der Waals surface area contributed by atoms with Gasteiger partial charge in [0.05, 0.1) is 11.8 Å². The highest BCUT2D eigenvalue weighted by atomic mass is 32.1. The second-order valence-electron chi connectivity index (χ2n) is 2.86. The predicted octanol–water partition coefficient (Wildman–Crippen LogP) is 0.284. The van der Waals surface area contributed by atoms with Crippen molar-refractivity contribution in [2.45, 2.75) is 0 Å². The monoisotopic (exact) mass is 237 g/mol. The average molecular weight is 237 g/mol. The van der Waals surface area contributed by atoms with Crippen LogP contribution in [0.25, 0.3) is 0 Å². The topological polar surface area (TPSA) is 110 Å². The van der Waals surface area contributed by atoms with E-state index in [1.807, 2.05) is 0 Å². The molecule has 2 aromatic rings. The summed E-state index contributed by atoms with van der Waals surface area (Å²) >= 11 is 4.79. The van der Waals surface area contributed by atoms with Gasteiger partial charge in [0.15, 0.2) is 5.69 Å². The molecule has 2 aromatic heterocycles. The summed E-state index contributed by atoms with van der Waals surface area (Å²) in [6.45, 7) is 0. The smallest absolute Gasteiger partial charge is 0.278 e. The summed E-state index contributed by atoms with van der Waals surface area (Å²) in [6.07, 6.45) is 2.73. The summed E-state index contributed by atoms with van der Waals surface area (Å²) in [6, 6.07) is 1.44. The second-order valence-corrected chi connectivity index (χ2v) is 3.30. The molecule has 0 spiro atoms. The third-order valence-corrected chi connectivity index (χ3v) is 2.03. The molecule has 0 aromatic carbocycles. The summed E-state index contributed by atoms with van der Waals surface area (Å²) in [5, 5.41) is 12.3. The Morgan fingerprint density at radius 3 is 3.06 bits per heavy atom. The molecule has 8 heteroatoms. The number of carbonyl (C=O) groups excluding carboxylic acids is 1. The fourth-order valence-corrected chi connectivity index (χ4v) is 1.23. The molecule has 2 rings (SSSR count). The summed E-state index contributed by atoms with van der Waals surface area (Å²) in [5.41, 5.74) is 6.06. The minimum Gasteiger partial charge on any atom is -0.389 e. The Balaban J connectivity index is 2.18. The Bertz CT molecular complexity index is 518. The zero-order valence-corrected chi connectivity index (χ0v) is 8.75. The lowest BCUT2D eigenvalue weighted by Gasteiger charge is -2.01. The first-order valence-electron chi connectivity index (χ1n) is 4.23. The van der Waals surface area contributed by atoms with Crippen LogP contribution in [0.15, 0.2) is 23.0 Å². The van der Waals surface area contributed by atoms with E-state index in [0.29, 0.717) is 11.4 Å². The number of nitrogens with one attached hydrogen (secondary N) is 2. The van der Waals surface area contributed by atoms with Gasteiger partial charge in [0.2, 0.25) is 0 Å². The number of rotatable bonds is 3. The first kappa shape index (κ1) is 10.3. The van der Waals surface area contributed by atoms with Gasteiger partial charge in [-0.2, -0.15) is 5.10 Å². The lowest BCUT2D eigenvalue weighted by atomic mass is 10.3. The standard InChI is InChI=1S/C8H7N5O2S/c9-6(16)4-3-10-12-7(4)11-8(14)5-1-2-15-13-5/h1-3H,(H2,9,16)(H2,10,11,12,14). The summed E-state index contributed by atoms with van der Waals surface area (Å²) in [7, 11) is 0. The van der Waals surface area contributed by atoms with Crippen LogP contribution in [0, 0.1) is 0 Å². The van der Waals surface area contributed by atoms with Gasteiger partial charge < -0.3 is 15.6 Å². The van der Waals surface area contributed by atoms with E-state index in [-0.39, 0.29) is 10.7 Å². The zero-order chi connectivity index (χ0) is 11.5. The van der Waals surface area contributed by atoms with Crippen molar-refractivity contribution in [3.63, 3.8) is 0 Å². The third kappa shape index (κ3) is 1.91. The highest BCUT2D eigenvalue weighted by Gasteiger charge is 2.14. The molecule has 0 aliphatic carbocycles. The van der Waals surface area contributed by atoms with E-state index in [1.165, 1.54) is 18.5 Å². The zero-order valence-electron chi connectivity index (χ0n) is 7.93. The van der Waals surface area contributed by atoms with E-state index < -0.39 is 5.91 Å². The molecule has 7 nitrogen and oxygen atoms in total.